The molecular weight excluding hydrogens is 342 g/mol. The summed E-state index contributed by atoms with van der Waals surface area (Å²) in [6.45, 7) is 4.03. The first-order chi connectivity index (χ1) is 13.1. The third-order valence-corrected chi connectivity index (χ3v) is 6.27. The van der Waals surface area contributed by atoms with Gasteiger partial charge in [0.25, 0.3) is 5.91 Å². The van der Waals surface area contributed by atoms with Gasteiger partial charge < -0.3 is 20.7 Å². The number of amides is 2. The van der Waals surface area contributed by atoms with Crippen LogP contribution in [0.5, 0.6) is 0 Å². The average molecular weight is 371 g/mol. The van der Waals surface area contributed by atoms with Crippen molar-refractivity contribution in [2.24, 2.45) is 5.73 Å². The highest BCUT2D eigenvalue weighted by atomic mass is 16.5. The Labute approximate surface area is 160 Å². The van der Waals surface area contributed by atoms with Crippen molar-refractivity contribution >= 4 is 11.8 Å². The quantitative estimate of drug-likeness (QED) is 0.795. The Morgan fingerprint density at radius 1 is 1.19 bits per heavy atom. The summed E-state index contributed by atoms with van der Waals surface area (Å²) in [6.07, 6.45) is 5.66. The van der Waals surface area contributed by atoms with Crippen LogP contribution in [-0.2, 0) is 14.9 Å². The molecule has 2 aliphatic heterocycles. The molecule has 6 nitrogen and oxygen atoms in total. The summed E-state index contributed by atoms with van der Waals surface area (Å²) in [5.74, 6) is -0.563. The van der Waals surface area contributed by atoms with E-state index in [-0.39, 0.29) is 11.9 Å². The molecule has 2 unspecified atom stereocenters. The molecule has 0 radical (unpaired) electrons. The lowest BCUT2D eigenvalue weighted by Gasteiger charge is -2.28. The van der Waals surface area contributed by atoms with Gasteiger partial charge in [-0.25, -0.2) is 0 Å². The second kappa shape index (κ2) is 7.60. The van der Waals surface area contributed by atoms with E-state index in [1.807, 2.05) is 12.1 Å². The maximum Gasteiger partial charge on any atom is 0.251 e. The minimum atomic E-state index is -0.605. The van der Waals surface area contributed by atoms with Crippen LogP contribution in [0.4, 0.5) is 0 Å². The highest BCUT2D eigenvalue weighted by Crippen LogP contribution is 2.49. The number of nitrogens with two attached hydrogens (primary N) is 1. The molecule has 2 heterocycles. The summed E-state index contributed by atoms with van der Waals surface area (Å²) in [6, 6.07) is 8.02. The minimum Gasteiger partial charge on any atom is -0.368 e. The molecule has 2 atom stereocenters. The van der Waals surface area contributed by atoms with Crippen LogP contribution in [-0.4, -0.2) is 55.1 Å². The predicted octanol–water partition coefficient (Wildman–Crippen LogP) is 1.58. The van der Waals surface area contributed by atoms with Crippen molar-refractivity contribution in [3.63, 3.8) is 0 Å². The fourth-order valence-corrected chi connectivity index (χ4v) is 4.43. The van der Waals surface area contributed by atoms with Crippen LogP contribution in [0.2, 0.25) is 0 Å². The minimum absolute atomic E-state index is 0.0756. The van der Waals surface area contributed by atoms with E-state index in [1.165, 1.54) is 44.3 Å². The lowest BCUT2D eigenvalue weighted by molar-refractivity contribution is -0.132. The van der Waals surface area contributed by atoms with Gasteiger partial charge in [0.2, 0.25) is 5.91 Å². The number of likely N-dealkylation sites (tertiary alicyclic amines) is 1. The van der Waals surface area contributed by atoms with Gasteiger partial charge in [-0.2, -0.15) is 0 Å². The molecule has 27 heavy (non-hydrogen) atoms. The second-order valence-electron chi connectivity index (χ2n) is 8.30. The van der Waals surface area contributed by atoms with Crippen molar-refractivity contribution in [2.75, 3.05) is 26.2 Å². The summed E-state index contributed by atoms with van der Waals surface area (Å²) < 4.78 is 5.34. The zero-order valence-electron chi connectivity index (χ0n) is 15.8. The Balaban J connectivity index is 1.36. The van der Waals surface area contributed by atoms with Crippen LogP contribution in [0, 0.1) is 0 Å². The maximum absolute atomic E-state index is 12.6. The van der Waals surface area contributed by atoms with E-state index >= 15 is 0 Å². The number of hydrogen-bond acceptors (Lipinski definition) is 4. The monoisotopic (exact) mass is 371 g/mol. The van der Waals surface area contributed by atoms with E-state index in [4.69, 9.17) is 10.5 Å². The fraction of sp³-hybridized carbons (Fsp3) is 0.619. The maximum atomic E-state index is 12.6. The largest absolute Gasteiger partial charge is 0.368 e. The Bertz CT molecular complexity index is 693. The molecule has 2 saturated heterocycles. The standard InChI is InChI=1S/C21H29N3O3/c22-19(25)18-13-17(7-12-27-18)23-20(26)15-3-5-16(6-4-15)21(8-9-21)14-24-10-1-2-11-24/h3-6,17-18H,1-2,7-14H2,(H2,22,25)(H,23,26). The molecule has 3 aliphatic rings. The number of carbonyl (C=O) groups excluding carboxylic acids is 2. The number of nitrogens with one attached hydrogen (secondary N) is 1. The highest BCUT2D eigenvalue weighted by Gasteiger charge is 2.45. The lowest BCUT2D eigenvalue weighted by Crippen LogP contribution is -2.46. The molecular formula is C21H29N3O3. The van der Waals surface area contributed by atoms with Crippen LogP contribution in [0.25, 0.3) is 0 Å². The number of rotatable bonds is 6. The van der Waals surface area contributed by atoms with Crippen molar-refractivity contribution in [2.45, 2.75) is 56.1 Å². The average Bonchev–Trinajstić information content (AvgIpc) is 3.27. The molecule has 4 rings (SSSR count). The molecule has 1 aliphatic carbocycles. The van der Waals surface area contributed by atoms with Gasteiger partial charge in [0.15, 0.2) is 0 Å². The molecule has 3 N–H and O–H groups in total. The molecule has 1 aromatic carbocycles. The molecule has 6 heteroatoms. The van der Waals surface area contributed by atoms with Gasteiger partial charge in [-0.1, -0.05) is 12.1 Å². The molecule has 1 aromatic rings. The van der Waals surface area contributed by atoms with Crippen LogP contribution >= 0.6 is 0 Å². The summed E-state index contributed by atoms with van der Waals surface area (Å²) in [4.78, 5) is 26.4. The smallest absolute Gasteiger partial charge is 0.251 e. The SMILES string of the molecule is NC(=O)C1CC(NC(=O)c2ccc(C3(CN4CCCC4)CC3)cc2)CCO1. The van der Waals surface area contributed by atoms with Crippen molar-refractivity contribution in [3.05, 3.63) is 35.4 Å². The van der Waals surface area contributed by atoms with Gasteiger partial charge in [0.1, 0.15) is 6.10 Å². The van der Waals surface area contributed by atoms with E-state index in [1.54, 1.807) is 0 Å². The van der Waals surface area contributed by atoms with Gasteiger partial charge in [-0.05, 0) is 62.9 Å². The van der Waals surface area contributed by atoms with Crippen LogP contribution in [0.3, 0.4) is 0 Å². The van der Waals surface area contributed by atoms with Crippen LogP contribution in [0.15, 0.2) is 24.3 Å². The first-order valence-corrected chi connectivity index (χ1v) is 10.1. The third-order valence-electron chi connectivity index (χ3n) is 6.27. The van der Waals surface area contributed by atoms with E-state index < -0.39 is 12.0 Å². The highest BCUT2D eigenvalue weighted by molar-refractivity contribution is 5.94. The lowest BCUT2D eigenvalue weighted by atomic mass is 9.94. The number of primary amides is 1. The molecule has 0 aromatic heterocycles. The number of ether oxygens (including phenoxy) is 1. The Hall–Kier alpha value is -1.92. The molecule has 1 saturated carbocycles. The van der Waals surface area contributed by atoms with E-state index in [2.05, 4.69) is 22.3 Å². The predicted molar refractivity (Wildman–Crippen MR) is 102 cm³/mol. The van der Waals surface area contributed by atoms with Crippen molar-refractivity contribution < 1.29 is 14.3 Å². The zero-order valence-corrected chi connectivity index (χ0v) is 15.8. The third kappa shape index (κ3) is 4.17. The molecule has 2 amide bonds. The normalized spacial score (nSPS) is 27.3. The van der Waals surface area contributed by atoms with E-state index in [0.717, 1.165) is 6.54 Å². The first kappa shape index (κ1) is 18.4. The van der Waals surface area contributed by atoms with Crippen molar-refractivity contribution in [1.82, 2.24) is 10.2 Å². The molecule has 146 valence electrons. The van der Waals surface area contributed by atoms with E-state index in [0.29, 0.717) is 30.4 Å². The topological polar surface area (TPSA) is 84.7 Å². The molecule has 0 bridgehead atoms. The number of nitrogens with zero attached hydrogens (tertiary/aromatic N) is 1. The van der Waals surface area contributed by atoms with Crippen molar-refractivity contribution in [3.8, 4) is 0 Å². The number of hydrogen-bond donors (Lipinski definition) is 2. The van der Waals surface area contributed by atoms with Gasteiger partial charge in [0.05, 0.1) is 0 Å². The number of carbonyl (C=O) groups is 2. The van der Waals surface area contributed by atoms with Gasteiger partial charge in [-0.3, -0.25) is 9.59 Å². The fourth-order valence-electron chi connectivity index (χ4n) is 4.43. The van der Waals surface area contributed by atoms with Crippen molar-refractivity contribution in [1.29, 1.82) is 0 Å². The summed E-state index contributed by atoms with van der Waals surface area (Å²) in [5.41, 5.74) is 7.63. The Morgan fingerprint density at radius 3 is 2.52 bits per heavy atom. The number of benzene rings is 1. The van der Waals surface area contributed by atoms with Gasteiger partial charge >= 0.3 is 0 Å². The van der Waals surface area contributed by atoms with Crippen LogP contribution < -0.4 is 11.1 Å². The zero-order chi connectivity index (χ0) is 18.9. The summed E-state index contributed by atoms with van der Waals surface area (Å²) in [7, 11) is 0. The summed E-state index contributed by atoms with van der Waals surface area (Å²) in [5, 5.41) is 3.02. The summed E-state index contributed by atoms with van der Waals surface area (Å²) >= 11 is 0. The first-order valence-electron chi connectivity index (χ1n) is 10.1. The van der Waals surface area contributed by atoms with Gasteiger partial charge in [-0.15, -0.1) is 0 Å². The van der Waals surface area contributed by atoms with Crippen LogP contribution in [0.1, 0.15) is 54.4 Å². The molecule has 3 fully saturated rings. The second-order valence-corrected chi connectivity index (χ2v) is 8.30. The van der Waals surface area contributed by atoms with Gasteiger partial charge in [0, 0.05) is 36.6 Å². The van der Waals surface area contributed by atoms with E-state index in [9.17, 15) is 9.59 Å². The molecule has 0 spiro atoms. The Morgan fingerprint density at radius 2 is 1.89 bits per heavy atom. The Kier molecular flexibility index (Phi) is 5.19.